The van der Waals surface area contributed by atoms with Crippen molar-refractivity contribution in [1.82, 2.24) is 49.0 Å². The number of amides is 2. The number of nitro benzene ring substituents is 2. The van der Waals surface area contributed by atoms with Gasteiger partial charge in [-0.25, -0.2) is 36.2 Å². The summed E-state index contributed by atoms with van der Waals surface area (Å²) >= 11 is 0. The van der Waals surface area contributed by atoms with Gasteiger partial charge in [-0.15, -0.1) is 0 Å². The molecule has 0 bridgehead atoms. The Morgan fingerprint density at radius 2 is 0.856 bits per heavy atom. The van der Waals surface area contributed by atoms with Gasteiger partial charge in [0.2, 0.25) is 0 Å². The minimum absolute atomic E-state index is 0.0176. The first kappa shape index (κ1) is 90.1. The number of piperidine rings is 2. The summed E-state index contributed by atoms with van der Waals surface area (Å²) < 4.78 is 72.1. The second-order valence-electron chi connectivity index (χ2n) is 40.1. The number of nitrogens with zero attached hydrogens (tertiary/aromatic N) is 10. The average molecular weight is 1830 g/mol. The smallest absolute Gasteiger partial charge is 0.293 e. The third-order valence-electron chi connectivity index (χ3n) is 30.5. The fraction of sp³-hybridized carbons (Fsp3) is 0.480. The van der Waals surface area contributed by atoms with Crippen molar-refractivity contribution < 1.29 is 56.0 Å². The predicted molar refractivity (Wildman–Crippen MR) is 507 cm³/mol. The number of benzene rings is 6. The van der Waals surface area contributed by atoms with Crippen molar-refractivity contribution >= 4 is 88.1 Å². The molecule has 8 N–H and O–H groups in total. The van der Waals surface area contributed by atoms with E-state index in [1.54, 1.807) is 72.3 Å². The highest BCUT2D eigenvalue weighted by Crippen LogP contribution is 2.57. The number of carbonyl (C=O) groups is 2. The van der Waals surface area contributed by atoms with E-state index in [1.165, 1.54) is 86.8 Å². The molecular formula is C100H120N16O14S2. The Hall–Kier alpha value is -11.1. The van der Waals surface area contributed by atoms with Crippen LogP contribution in [0.15, 0.2) is 180 Å². The number of hydrogen-bond donors (Lipinski definition) is 8. The van der Waals surface area contributed by atoms with Crippen LogP contribution in [0.5, 0.6) is 23.0 Å². The number of likely N-dealkylation sites (N-methyl/N-ethyl adjacent to an activating group) is 2. The summed E-state index contributed by atoms with van der Waals surface area (Å²) in [6.45, 7) is 14.3. The standard InChI is InChI=1S/2C50H60N8O7S/c2*1-49(60)16-13-33(14-17-49)30-52-43-12-10-39(27-44(43)58(61)62)66(63,64)54-48(59)42-11-9-36(26-46(42)65-38-25-35-15-20-51-47(35)53-31-38)56-21-18-50(19-22-56)28-37(29-50)57-24-23-55(2)32-45(57)41-6-4-3-5-40(41)34-7-8-34/h2*3-6,9-12,15,20,25-27,31,33-34,37,45,52,60H,7-8,13-14,16-19,21-24,28-30,32H2,1-2H3,(H,51,53)(H,54,59)/t2*33?,45-,49?/m10/s1. The molecule has 20 rings (SSSR count). The van der Waals surface area contributed by atoms with Crippen molar-refractivity contribution in [2.45, 2.75) is 199 Å². The molecule has 32 heteroatoms. The number of nitrogens with one attached hydrogen (secondary N) is 6. The van der Waals surface area contributed by atoms with E-state index >= 15 is 0 Å². The fourth-order valence-corrected chi connectivity index (χ4v) is 24.2. The lowest BCUT2D eigenvalue weighted by atomic mass is 9.59. The van der Waals surface area contributed by atoms with Crippen molar-refractivity contribution in [2.24, 2.45) is 22.7 Å². The first-order chi connectivity index (χ1) is 63.4. The van der Waals surface area contributed by atoms with Crippen LogP contribution in [0.3, 0.4) is 0 Å². The summed E-state index contributed by atoms with van der Waals surface area (Å²) in [4.78, 5) is 80.5. The van der Waals surface area contributed by atoms with Crippen LogP contribution in [0.4, 0.5) is 34.1 Å². The molecule has 132 heavy (non-hydrogen) atoms. The third-order valence-corrected chi connectivity index (χ3v) is 33.2. The van der Waals surface area contributed by atoms with Crippen LogP contribution in [0.25, 0.3) is 22.1 Å². The maximum Gasteiger partial charge on any atom is 0.293 e. The number of aromatic amines is 2. The number of ether oxygens (including phenoxy) is 2. The molecule has 6 saturated carbocycles. The Kier molecular flexibility index (Phi) is 25.0. The van der Waals surface area contributed by atoms with Gasteiger partial charge in [0.15, 0.2) is 0 Å². The van der Waals surface area contributed by atoms with Crippen LogP contribution in [0, 0.1) is 42.9 Å². The lowest BCUT2D eigenvalue weighted by Gasteiger charge is -2.58. The number of anilines is 4. The van der Waals surface area contributed by atoms with Crippen LogP contribution in [0.1, 0.15) is 209 Å². The number of nitro groups is 2. The largest absolute Gasteiger partial charge is 0.455 e. The quantitative estimate of drug-likeness (QED) is 0.0184. The van der Waals surface area contributed by atoms with Gasteiger partial charge in [0.05, 0.1) is 54.4 Å². The summed E-state index contributed by atoms with van der Waals surface area (Å²) in [5.74, 6) is 1.01. The predicted octanol–water partition coefficient (Wildman–Crippen LogP) is 16.7. The number of carbonyl (C=O) groups excluding carboxylic acids is 2. The van der Waals surface area contributed by atoms with Crippen LogP contribution in [0.2, 0.25) is 0 Å². The van der Waals surface area contributed by atoms with Gasteiger partial charge in [0.1, 0.15) is 45.7 Å². The lowest BCUT2D eigenvalue weighted by Crippen LogP contribution is -2.59. The number of aromatic nitrogens is 4. The van der Waals surface area contributed by atoms with Gasteiger partial charge in [-0.2, -0.15) is 0 Å². The molecule has 8 heterocycles. The normalized spacial score (nSPS) is 24.4. The van der Waals surface area contributed by atoms with Gasteiger partial charge < -0.3 is 59.9 Å². The zero-order valence-electron chi connectivity index (χ0n) is 75.5. The number of hydrogen-bond acceptors (Lipinski definition) is 24. The van der Waals surface area contributed by atoms with E-state index in [1.807, 2.05) is 38.1 Å². The van der Waals surface area contributed by atoms with Gasteiger partial charge in [0.25, 0.3) is 43.2 Å². The molecule has 4 aromatic heterocycles. The summed E-state index contributed by atoms with van der Waals surface area (Å²) in [6, 6.07) is 45.1. The zero-order valence-corrected chi connectivity index (χ0v) is 77.1. The molecule has 0 radical (unpaired) electrons. The topological polar surface area (TPSA) is 373 Å². The molecule has 696 valence electrons. The maximum atomic E-state index is 14.0. The van der Waals surface area contributed by atoms with Crippen molar-refractivity contribution in [3.8, 4) is 23.0 Å². The maximum absolute atomic E-state index is 14.0. The molecular weight excluding hydrogens is 1710 g/mol. The highest BCUT2D eigenvalue weighted by molar-refractivity contribution is 7.90. The Balaban J connectivity index is 0.000000170. The van der Waals surface area contributed by atoms with Gasteiger partial charge in [-0.1, -0.05) is 48.5 Å². The number of H-pyrrole nitrogens is 2. The second-order valence-corrected chi connectivity index (χ2v) is 43.4. The molecule has 10 fully saturated rings. The van der Waals surface area contributed by atoms with E-state index in [-0.39, 0.29) is 56.7 Å². The van der Waals surface area contributed by atoms with Crippen LogP contribution < -0.4 is 39.4 Å². The molecule has 4 aliphatic heterocycles. The fourth-order valence-electron chi connectivity index (χ4n) is 22.2. The number of rotatable bonds is 26. The first-order valence-electron chi connectivity index (χ1n) is 47.1. The summed E-state index contributed by atoms with van der Waals surface area (Å²) in [5.41, 5.74) is 7.84. The van der Waals surface area contributed by atoms with E-state index in [2.05, 4.69) is 132 Å². The van der Waals surface area contributed by atoms with E-state index in [0.29, 0.717) is 97.6 Å². The number of sulfonamides is 2. The number of pyridine rings is 2. The van der Waals surface area contributed by atoms with Crippen molar-refractivity contribution in [2.75, 3.05) is 113 Å². The molecule has 10 aliphatic rings. The molecule has 4 saturated heterocycles. The lowest BCUT2D eigenvalue weighted by molar-refractivity contribution is -0.384. The Bertz CT molecular complexity index is 5830. The van der Waals surface area contributed by atoms with Crippen molar-refractivity contribution in [3.05, 3.63) is 224 Å². The van der Waals surface area contributed by atoms with E-state index in [4.69, 9.17) is 9.47 Å². The summed E-state index contributed by atoms with van der Waals surface area (Å²) in [6.07, 6.45) is 26.4. The molecule has 2 amide bonds. The summed E-state index contributed by atoms with van der Waals surface area (Å²) in [7, 11) is -4.64. The van der Waals surface area contributed by atoms with Crippen LogP contribution in [-0.2, 0) is 20.0 Å². The summed E-state index contributed by atoms with van der Waals surface area (Å²) in [5, 5.41) is 52.8. The first-order valence-corrected chi connectivity index (χ1v) is 50.1. The van der Waals surface area contributed by atoms with Crippen molar-refractivity contribution in [3.63, 3.8) is 0 Å². The highest BCUT2D eigenvalue weighted by Gasteiger charge is 2.53. The van der Waals surface area contributed by atoms with Gasteiger partial charge in [-0.3, -0.25) is 39.6 Å². The Morgan fingerprint density at radius 1 is 0.477 bits per heavy atom. The number of piperazine rings is 2. The average Bonchev–Trinajstić information content (AvgIpc) is 0.899. The zero-order chi connectivity index (χ0) is 91.6. The van der Waals surface area contributed by atoms with Gasteiger partial charge in [0, 0.05) is 162 Å². The second kappa shape index (κ2) is 36.7. The molecule has 6 aromatic carbocycles. The third kappa shape index (κ3) is 19.8. The Morgan fingerprint density at radius 3 is 1.23 bits per heavy atom. The molecule has 2 spiro atoms. The van der Waals surface area contributed by atoms with E-state index < -0.39 is 74.1 Å². The van der Waals surface area contributed by atoms with Crippen molar-refractivity contribution in [1.29, 1.82) is 0 Å². The van der Waals surface area contributed by atoms with Crippen LogP contribution in [-0.4, -0.2) is 204 Å². The molecule has 2 atom stereocenters. The minimum atomic E-state index is -4.57. The van der Waals surface area contributed by atoms with E-state index in [9.17, 15) is 56.9 Å². The molecule has 30 nitrogen and oxygen atoms in total. The number of fused-ring (bicyclic) bond motifs is 2. The van der Waals surface area contributed by atoms with E-state index in [0.717, 1.165) is 151 Å². The Labute approximate surface area is 770 Å². The highest BCUT2D eigenvalue weighted by atomic mass is 32.2. The molecule has 0 unspecified atom stereocenters. The minimum Gasteiger partial charge on any atom is -0.455 e. The SMILES string of the molecule is CN1CCN(C2CC3(CCN(c4ccc(C(=O)NS(=O)(=O)c5ccc(NCC6CCC(C)(O)CC6)c([N+](=O)[O-])c5)c(Oc5cnc6[nH]ccc6c5)c4)CC3)C2)[C@@H](c2ccccc2C2CC2)C1.CN1CCN(C2CC3(CCN(c4ccc(C(=O)NS(=O)(=O)c5ccc(NCC6CCC(C)(O)CC6)c([N+](=O)[O-])c5)c(Oc5cnc6[nH]ccc6c5)c4)CC3)C2)[C@H](c2ccccc2C2CC2)C1. The molecule has 6 aliphatic carbocycles. The monoisotopic (exact) mass is 1830 g/mol. The number of aliphatic hydroxyl groups is 2. The van der Waals surface area contributed by atoms with Crippen LogP contribution >= 0.6 is 0 Å². The molecule has 10 aromatic rings. The van der Waals surface area contributed by atoms with Gasteiger partial charge in [-0.05, 0) is 286 Å². The van der Waals surface area contributed by atoms with Gasteiger partial charge >= 0.3 is 0 Å².